The van der Waals surface area contributed by atoms with E-state index in [1.54, 1.807) is 0 Å². The molecule has 0 rings (SSSR count). The number of hydrogen-bond donors (Lipinski definition) is 2. The molecule has 0 fully saturated rings. The maximum absolute atomic E-state index is 11.4. The second-order valence-electron chi connectivity index (χ2n) is 1.92. The van der Waals surface area contributed by atoms with Crippen molar-refractivity contribution in [2.45, 2.75) is 25.1 Å². The zero-order chi connectivity index (χ0) is 8.20. The molecule has 0 bridgehead atoms. The van der Waals surface area contributed by atoms with Gasteiger partial charge in [-0.05, 0) is 12.8 Å². The van der Waals surface area contributed by atoms with Crippen LogP contribution in [-0.2, 0) is 0 Å². The minimum atomic E-state index is -4.55. The molecule has 0 aromatic heterocycles. The molecule has 0 aliphatic carbocycles. The van der Waals surface area contributed by atoms with Crippen molar-refractivity contribution in [1.82, 2.24) is 0 Å². The number of aliphatic hydroxyl groups is 2. The fourth-order valence-corrected chi connectivity index (χ4v) is 0.448. The lowest BCUT2D eigenvalue weighted by molar-refractivity contribution is -0.205. The van der Waals surface area contributed by atoms with Gasteiger partial charge in [-0.3, -0.25) is 0 Å². The monoisotopic (exact) mass is 158 g/mol. The van der Waals surface area contributed by atoms with E-state index >= 15 is 0 Å². The predicted molar refractivity (Wildman–Crippen MR) is 28.4 cm³/mol. The van der Waals surface area contributed by atoms with Crippen LogP contribution in [0.4, 0.5) is 13.2 Å². The third kappa shape index (κ3) is 3.68. The molecular weight excluding hydrogens is 149 g/mol. The van der Waals surface area contributed by atoms with Crippen LogP contribution in [0.3, 0.4) is 0 Å². The molecule has 0 saturated heterocycles. The average Bonchev–Trinajstić information content (AvgIpc) is 1.80. The van der Waals surface area contributed by atoms with Gasteiger partial charge in [0.15, 0.2) is 0 Å². The van der Waals surface area contributed by atoms with E-state index in [1.165, 1.54) is 0 Å². The lowest BCUT2D eigenvalue weighted by Gasteiger charge is -2.12. The fourth-order valence-electron chi connectivity index (χ4n) is 0.448. The molecule has 0 aliphatic rings. The highest BCUT2D eigenvalue weighted by molar-refractivity contribution is 4.63. The normalized spacial score (nSPS) is 15.3. The van der Waals surface area contributed by atoms with Crippen molar-refractivity contribution in [3.63, 3.8) is 0 Å². The van der Waals surface area contributed by atoms with Gasteiger partial charge in [0.1, 0.15) is 6.10 Å². The van der Waals surface area contributed by atoms with E-state index in [2.05, 4.69) is 0 Å². The first-order valence-electron chi connectivity index (χ1n) is 2.84. The van der Waals surface area contributed by atoms with Crippen LogP contribution in [0.15, 0.2) is 0 Å². The summed E-state index contributed by atoms with van der Waals surface area (Å²) in [6, 6.07) is 0. The molecule has 0 heterocycles. The molecule has 0 unspecified atom stereocenters. The van der Waals surface area contributed by atoms with Crippen LogP contribution in [0, 0.1) is 0 Å². The molecule has 0 radical (unpaired) electrons. The highest BCUT2D eigenvalue weighted by Gasteiger charge is 2.37. The third-order valence-corrected chi connectivity index (χ3v) is 1.01. The Labute approximate surface area is 56.3 Å². The van der Waals surface area contributed by atoms with E-state index < -0.39 is 18.7 Å². The molecule has 0 aliphatic heterocycles. The van der Waals surface area contributed by atoms with Crippen LogP contribution < -0.4 is 0 Å². The number of alkyl halides is 3. The lowest BCUT2D eigenvalue weighted by Crippen LogP contribution is -2.28. The van der Waals surface area contributed by atoms with Gasteiger partial charge in [0.25, 0.3) is 0 Å². The molecule has 0 aromatic carbocycles. The standard InChI is InChI=1S/C5H9F3O2/c6-5(7,8)4(10)2-1-3-9/h4,9-10H,1-3H2/t4-/m1/s1. The Morgan fingerprint density at radius 1 is 1.30 bits per heavy atom. The zero-order valence-corrected chi connectivity index (χ0v) is 5.23. The molecule has 1 atom stereocenters. The summed E-state index contributed by atoms with van der Waals surface area (Å²) in [4.78, 5) is 0. The number of halogens is 3. The van der Waals surface area contributed by atoms with Gasteiger partial charge in [-0.2, -0.15) is 13.2 Å². The first kappa shape index (κ1) is 9.71. The van der Waals surface area contributed by atoms with Gasteiger partial charge >= 0.3 is 6.18 Å². The van der Waals surface area contributed by atoms with Gasteiger partial charge in [-0.25, -0.2) is 0 Å². The smallest absolute Gasteiger partial charge is 0.396 e. The van der Waals surface area contributed by atoms with Gasteiger partial charge in [-0.15, -0.1) is 0 Å². The van der Waals surface area contributed by atoms with E-state index in [4.69, 9.17) is 10.2 Å². The summed E-state index contributed by atoms with van der Waals surface area (Å²) in [6.07, 6.45) is -7.30. The fraction of sp³-hybridized carbons (Fsp3) is 1.00. The molecule has 2 nitrogen and oxygen atoms in total. The summed E-state index contributed by atoms with van der Waals surface area (Å²) in [5.74, 6) is 0. The topological polar surface area (TPSA) is 40.5 Å². The van der Waals surface area contributed by atoms with E-state index in [0.717, 1.165) is 0 Å². The van der Waals surface area contributed by atoms with E-state index in [9.17, 15) is 13.2 Å². The summed E-state index contributed by atoms with van der Waals surface area (Å²) in [5.41, 5.74) is 0. The Balaban J connectivity index is 3.52. The van der Waals surface area contributed by atoms with Gasteiger partial charge < -0.3 is 10.2 Å². The van der Waals surface area contributed by atoms with Crippen LogP contribution in [0.25, 0.3) is 0 Å². The highest BCUT2D eigenvalue weighted by atomic mass is 19.4. The van der Waals surface area contributed by atoms with E-state index in [-0.39, 0.29) is 13.0 Å². The minimum absolute atomic E-state index is 0.0271. The van der Waals surface area contributed by atoms with Crippen LogP contribution in [0.5, 0.6) is 0 Å². The molecule has 0 amide bonds. The van der Waals surface area contributed by atoms with Crippen molar-refractivity contribution >= 4 is 0 Å². The van der Waals surface area contributed by atoms with Gasteiger partial charge in [0.2, 0.25) is 0 Å². The largest absolute Gasteiger partial charge is 0.414 e. The molecular formula is C5H9F3O2. The van der Waals surface area contributed by atoms with E-state index in [1.807, 2.05) is 0 Å². The third-order valence-electron chi connectivity index (χ3n) is 1.01. The van der Waals surface area contributed by atoms with Crippen LogP contribution in [-0.4, -0.2) is 29.1 Å². The summed E-state index contributed by atoms with van der Waals surface area (Å²) in [7, 11) is 0. The summed E-state index contributed by atoms with van der Waals surface area (Å²) >= 11 is 0. The van der Waals surface area contributed by atoms with Crippen LogP contribution in [0.2, 0.25) is 0 Å². The predicted octanol–water partition coefficient (Wildman–Crippen LogP) is 0.682. The first-order chi connectivity index (χ1) is 4.48. The Hall–Kier alpha value is -0.290. The van der Waals surface area contributed by atoms with Gasteiger partial charge in [0, 0.05) is 6.61 Å². The summed E-state index contributed by atoms with van der Waals surface area (Å²) in [5, 5.41) is 16.4. The maximum Gasteiger partial charge on any atom is 0.414 e. The van der Waals surface area contributed by atoms with Crippen LogP contribution in [0.1, 0.15) is 12.8 Å². The second kappa shape index (κ2) is 3.78. The lowest BCUT2D eigenvalue weighted by atomic mass is 10.2. The zero-order valence-electron chi connectivity index (χ0n) is 5.23. The Bertz CT molecular complexity index is 91.4. The van der Waals surface area contributed by atoms with Crippen molar-refractivity contribution in [1.29, 1.82) is 0 Å². The number of hydrogen-bond acceptors (Lipinski definition) is 2. The molecule has 0 spiro atoms. The number of aliphatic hydroxyl groups excluding tert-OH is 2. The number of rotatable bonds is 3. The molecule has 0 aromatic rings. The average molecular weight is 158 g/mol. The van der Waals surface area contributed by atoms with Crippen molar-refractivity contribution in [2.75, 3.05) is 6.61 Å². The maximum atomic E-state index is 11.4. The quantitative estimate of drug-likeness (QED) is 0.634. The molecule has 5 heteroatoms. The molecule has 2 N–H and O–H groups in total. The van der Waals surface area contributed by atoms with Crippen molar-refractivity contribution < 1.29 is 23.4 Å². The summed E-state index contributed by atoms with van der Waals surface area (Å²) < 4.78 is 34.3. The van der Waals surface area contributed by atoms with Crippen molar-refractivity contribution in [3.05, 3.63) is 0 Å². The van der Waals surface area contributed by atoms with Crippen LogP contribution >= 0.6 is 0 Å². The Kier molecular flexibility index (Phi) is 3.67. The minimum Gasteiger partial charge on any atom is -0.396 e. The summed E-state index contributed by atoms with van der Waals surface area (Å²) in [6.45, 7) is -0.326. The van der Waals surface area contributed by atoms with Crippen molar-refractivity contribution in [2.24, 2.45) is 0 Å². The SMILES string of the molecule is OCCC[C@@H](O)C(F)(F)F. The van der Waals surface area contributed by atoms with Gasteiger partial charge in [0.05, 0.1) is 0 Å². The second-order valence-corrected chi connectivity index (χ2v) is 1.92. The van der Waals surface area contributed by atoms with Crippen molar-refractivity contribution in [3.8, 4) is 0 Å². The van der Waals surface area contributed by atoms with E-state index in [0.29, 0.717) is 0 Å². The Morgan fingerprint density at radius 2 is 1.80 bits per heavy atom. The highest BCUT2D eigenvalue weighted by Crippen LogP contribution is 2.22. The van der Waals surface area contributed by atoms with Gasteiger partial charge in [-0.1, -0.05) is 0 Å². The Morgan fingerprint density at radius 3 is 2.10 bits per heavy atom. The molecule has 62 valence electrons. The molecule has 10 heavy (non-hydrogen) atoms. The molecule has 0 saturated carbocycles. The first-order valence-corrected chi connectivity index (χ1v) is 2.84.